The van der Waals surface area contributed by atoms with Gasteiger partial charge >= 0.3 is 5.97 Å². The maximum Gasteiger partial charge on any atom is 0.306 e. The van der Waals surface area contributed by atoms with Crippen molar-refractivity contribution in [1.29, 1.82) is 0 Å². The van der Waals surface area contributed by atoms with Gasteiger partial charge in [-0.05, 0) is 48.9 Å². The second-order valence-corrected chi connectivity index (χ2v) is 4.42. The lowest BCUT2D eigenvalue weighted by atomic mass is 10.0. The van der Waals surface area contributed by atoms with Crippen LogP contribution in [-0.4, -0.2) is 19.7 Å². The zero-order chi connectivity index (χ0) is 12.3. The number of carbonyl (C=O) groups is 1. The van der Waals surface area contributed by atoms with Crippen LogP contribution in [0.25, 0.3) is 0 Å². The average molecular weight is 234 g/mol. The lowest BCUT2D eigenvalue weighted by Gasteiger charge is -2.07. The first-order valence-electron chi connectivity index (χ1n) is 6.04. The molecule has 0 spiro atoms. The lowest BCUT2D eigenvalue weighted by molar-refractivity contribution is -0.144. The molecule has 0 amide bonds. The molecule has 0 radical (unpaired) electrons. The van der Waals surface area contributed by atoms with Crippen molar-refractivity contribution >= 4 is 5.97 Å². The molecule has 1 aromatic carbocycles. The van der Waals surface area contributed by atoms with Gasteiger partial charge in [0.2, 0.25) is 0 Å². The van der Waals surface area contributed by atoms with Crippen LogP contribution in [0.15, 0.2) is 18.2 Å². The highest BCUT2D eigenvalue weighted by molar-refractivity contribution is 5.70. The minimum atomic E-state index is -0.0859. The maximum absolute atomic E-state index is 11.4. The van der Waals surface area contributed by atoms with Crippen molar-refractivity contribution in [3.05, 3.63) is 29.3 Å². The number of hydrogen-bond acceptors (Lipinski definition) is 3. The highest BCUT2D eigenvalue weighted by Crippen LogP contribution is 2.31. The van der Waals surface area contributed by atoms with Gasteiger partial charge in [-0.25, -0.2) is 0 Å². The smallest absolute Gasteiger partial charge is 0.306 e. The Labute approximate surface area is 102 Å². The SMILES string of the molecule is CCOC(=O)C[C@H]1Cc2ccc(OC)cc2C1. The van der Waals surface area contributed by atoms with Crippen LogP contribution < -0.4 is 4.74 Å². The molecule has 3 nitrogen and oxygen atoms in total. The third-order valence-electron chi connectivity index (χ3n) is 3.19. The molecule has 1 aromatic rings. The van der Waals surface area contributed by atoms with Gasteiger partial charge in [-0.1, -0.05) is 6.07 Å². The van der Waals surface area contributed by atoms with Gasteiger partial charge in [-0.3, -0.25) is 4.79 Å². The zero-order valence-electron chi connectivity index (χ0n) is 10.4. The highest BCUT2D eigenvalue weighted by Gasteiger charge is 2.24. The van der Waals surface area contributed by atoms with Crippen LogP contribution in [0.5, 0.6) is 5.75 Å². The molecule has 0 N–H and O–H groups in total. The number of fused-ring (bicyclic) bond motifs is 1. The largest absolute Gasteiger partial charge is 0.497 e. The van der Waals surface area contributed by atoms with E-state index in [9.17, 15) is 4.79 Å². The number of rotatable bonds is 4. The normalized spacial score (nSPS) is 17.6. The minimum Gasteiger partial charge on any atom is -0.497 e. The van der Waals surface area contributed by atoms with Crippen molar-refractivity contribution in [2.75, 3.05) is 13.7 Å². The topological polar surface area (TPSA) is 35.5 Å². The van der Waals surface area contributed by atoms with Crippen molar-refractivity contribution in [2.24, 2.45) is 5.92 Å². The second-order valence-electron chi connectivity index (χ2n) is 4.42. The first-order chi connectivity index (χ1) is 8.22. The molecular weight excluding hydrogens is 216 g/mol. The molecule has 0 aliphatic heterocycles. The summed E-state index contributed by atoms with van der Waals surface area (Å²) in [5.41, 5.74) is 2.64. The van der Waals surface area contributed by atoms with Gasteiger partial charge in [0.15, 0.2) is 0 Å². The van der Waals surface area contributed by atoms with E-state index in [0.717, 1.165) is 18.6 Å². The number of hydrogen-bond donors (Lipinski definition) is 0. The molecule has 2 rings (SSSR count). The van der Waals surface area contributed by atoms with Crippen molar-refractivity contribution < 1.29 is 14.3 Å². The van der Waals surface area contributed by atoms with Gasteiger partial charge in [-0.2, -0.15) is 0 Å². The molecule has 1 atom stereocenters. The third-order valence-corrected chi connectivity index (χ3v) is 3.19. The predicted octanol–water partition coefficient (Wildman–Crippen LogP) is 2.36. The van der Waals surface area contributed by atoms with Crippen LogP contribution >= 0.6 is 0 Å². The van der Waals surface area contributed by atoms with Gasteiger partial charge in [0, 0.05) is 6.42 Å². The summed E-state index contributed by atoms with van der Waals surface area (Å²) >= 11 is 0. The number of methoxy groups -OCH3 is 1. The van der Waals surface area contributed by atoms with Crippen LogP contribution in [0, 0.1) is 5.92 Å². The predicted molar refractivity (Wildman–Crippen MR) is 65.1 cm³/mol. The summed E-state index contributed by atoms with van der Waals surface area (Å²) in [7, 11) is 1.67. The molecule has 3 heteroatoms. The molecule has 0 fully saturated rings. The lowest BCUT2D eigenvalue weighted by Crippen LogP contribution is -2.11. The van der Waals surface area contributed by atoms with Gasteiger partial charge in [0.25, 0.3) is 0 Å². The Kier molecular flexibility index (Phi) is 3.67. The van der Waals surface area contributed by atoms with E-state index in [-0.39, 0.29) is 5.97 Å². The number of carbonyl (C=O) groups excluding carboxylic acids is 1. The van der Waals surface area contributed by atoms with Gasteiger partial charge in [0.1, 0.15) is 5.75 Å². The summed E-state index contributed by atoms with van der Waals surface area (Å²) < 4.78 is 10.2. The Hall–Kier alpha value is -1.51. The summed E-state index contributed by atoms with van der Waals surface area (Å²) in [6, 6.07) is 6.14. The quantitative estimate of drug-likeness (QED) is 0.750. The molecule has 0 heterocycles. The van der Waals surface area contributed by atoms with Crippen molar-refractivity contribution in [1.82, 2.24) is 0 Å². The molecule has 1 aliphatic carbocycles. The highest BCUT2D eigenvalue weighted by atomic mass is 16.5. The van der Waals surface area contributed by atoms with E-state index in [4.69, 9.17) is 9.47 Å². The third kappa shape index (κ3) is 2.78. The zero-order valence-corrected chi connectivity index (χ0v) is 10.4. The van der Waals surface area contributed by atoms with E-state index in [1.165, 1.54) is 11.1 Å². The monoisotopic (exact) mass is 234 g/mol. The van der Waals surface area contributed by atoms with Crippen LogP contribution in [0.2, 0.25) is 0 Å². The van der Waals surface area contributed by atoms with Gasteiger partial charge < -0.3 is 9.47 Å². The van der Waals surface area contributed by atoms with Gasteiger partial charge in [0.05, 0.1) is 13.7 Å². The van der Waals surface area contributed by atoms with Crippen molar-refractivity contribution in [2.45, 2.75) is 26.2 Å². The molecule has 1 aliphatic rings. The average Bonchev–Trinajstić information content (AvgIpc) is 2.69. The van der Waals surface area contributed by atoms with Crippen LogP contribution in [0.4, 0.5) is 0 Å². The van der Waals surface area contributed by atoms with Crippen LogP contribution in [-0.2, 0) is 22.4 Å². The van der Waals surface area contributed by atoms with E-state index in [1.807, 2.05) is 13.0 Å². The molecule has 0 bridgehead atoms. The van der Waals surface area contributed by atoms with Crippen LogP contribution in [0.1, 0.15) is 24.5 Å². The molecule has 0 saturated carbocycles. The first-order valence-corrected chi connectivity index (χ1v) is 6.04. The summed E-state index contributed by atoms with van der Waals surface area (Å²) in [5.74, 6) is 1.19. The molecular formula is C14H18O3. The fraction of sp³-hybridized carbons (Fsp3) is 0.500. The van der Waals surface area contributed by atoms with Crippen molar-refractivity contribution in [3.8, 4) is 5.75 Å². The number of esters is 1. The van der Waals surface area contributed by atoms with Gasteiger partial charge in [-0.15, -0.1) is 0 Å². The molecule has 92 valence electrons. The molecule has 0 saturated heterocycles. The van der Waals surface area contributed by atoms with E-state index < -0.39 is 0 Å². The number of benzene rings is 1. The standard InChI is InChI=1S/C14H18O3/c1-3-17-14(15)8-10-6-11-4-5-13(16-2)9-12(11)7-10/h4-5,9-10H,3,6-8H2,1-2H3/t10-/m0/s1. The van der Waals surface area contributed by atoms with E-state index in [0.29, 0.717) is 18.9 Å². The van der Waals surface area contributed by atoms with E-state index in [1.54, 1.807) is 7.11 Å². The summed E-state index contributed by atoms with van der Waals surface area (Å²) in [6.45, 7) is 2.30. The molecule has 0 aromatic heterocycles. The fourth-order valence-electron chi connectivity index (χ4n) is 2.41. The first kappa shape index (κ1) is 12.0. The van der Waals surface area contributed by atoms with E-state index in [2.05, 4.69) is 12.1 Å². The Bertz CT molecular complexity index is 412. The maximum atomic E-state index is 11.4. The van der Waals surface area contributed by atoms with Crippen LogP contribution in [0.3, 0.4) is 0 Å². The van der Waals surface area contributed by atoms with Crippen molar-refractivity contribution in [3.63, 3.8) is 0 Å². The Morgan fingerprint density at radius 3 is 2.82 bits per heavy atom. The second kappa shape index (κ2) is 5.21. The molecule has 0 unspecified atom stereocenters. The van der Waals surface area contributed by atoms with E-state index >= 15 is 0 Å². The summed E-state index contributed by atoms with van der Waals surface area (Å²) in [4.78, 5) is 11.4. The summed E-state index contributed by atoms with van der Waals surface area (Å²) in [6.07, 6.45) is 2.44. The Balaban J connectivity index is 1.98. The fourth-order valence-corrected chi connectivity index (χ4v) is 2.41. The Morgan fingerprint density at radius 1 is 1.35 bits per heavy atom. The molecule has 17 heavy (non-hydrogen) atoms. The Morgan fingerprint density at radius 2 is 2.12 bits per heavy atom. The number of ether oxygens (including phenoxy) is 2. The minimum absolute atomic E-state index is 0.0859. The summed E-state index contributed by atoms with van der Waals surface area (Å²) in [5, 5.41) is 0.